The molecule has 1 aliphatic heterocycles. The van der Waals surface area contributed by atoms with Crippen molar-refractivity contribution < 1.29 is 45.1 Å². The molecule has 2 N–H and O–H groups in total. The van der Waals surface area contributed by atoms with Crippen LogP contribution in [0.5, 0.6) is 5.75 Å². The molecule has 38 heavy (non-hydrogen) atoms. The lowest BCUT2D eigenvalue weighted by Gasteiger charge is -2.30. The molecule has 0 saturated heterocycles. The van der Waals surface area contributed by atoms with E-state index in [4.69, 9.17) is 4.74 Å². The van der Waals surface area contributed by atoms with Crippen molar-refractivity contribution in [1.82, 2.24) is 4.31 Å². The minimum atomic E-state index is -4.89. The van der Waals surface area contributed by atoms with Crippen LogP contribution in [0, 0.1) is 5.82 Å². The molecule has 2 atom stereocenters. The van der Waals surface area contributed by atoms with Gasteiger partial charge in [-0.25, -0.2) is 21.7 Å². The highest BCUT2D eigenvalue weighted by Gasteiger charge is 2.51. The summed E-state index contributed by atoms with van der Waals surface area (Å²) in [7, 11) is -3.06. The van der Waals surface area contributed by atoms with E-state index >= 15 is 0 Å². The van der Waals surface area contributed by atoms with Crippen molar-refractivity contribution in [3.8, 4) is 5.75 Å². The average molecular weight is 585 g/mol. The Bertz CT molecular complexity index is 1190. The van der Waals surface area contributed by atoms with Crippen LogP contribution in [0.1, 0.15) is 38.2 Å². The molecule has 0 spiro atoms. The predicted octanol–water partition coefficient (Wildman–Crippen LogP) is 5.96. The number of alkyl halides is 5. The minimum Gasteiger partial charge on any atom is -0.492 e. The van der Waals surface area contributed by atoms with E-state index in [9.17, 15) is 40.3 Å². The molecule has 1 fully saturated rings. The van der Waals surface area contributed by atoms with E-state index in [1.165, 1.54) is 28.4 Å². The second-order valence-electron chi connectivity index (χ2n) is 9.76. The molecule has 0 bridgehead atoms. The summed E-state index contributed by atoms with van der Waals surface area (Å²) >= 11 is 0. The molecule has 210 valence electrons. The van der Waals surface area contributed by atoms with Gasteiger partial charge in [0.2, 0.25) is 5.92 Å². The molecule has 4 rings (SSSR count). The number of hydrogen-bond acceptors (Lipinski definition) is 5. The quantitative estimate of drug-likeness (QED) is 0.296. The first-order valence-electron chi connectivity index (χ1n) is 11.7. The van der Waals surface area contributed by atoms with E-state index in [-0.39, 0.29) is 35.8 Å². The summed E-state index contributed by atoms with van der Waals surface area (Å²) in [5.74, 6) is -4.21. The van der Waals surface area contributed by atoms with Gasteiger partial charge in [0.15, 0.2) is 8.38 Å². The Morgan fingerprint density at radius 1 is 1.13 bits per heavy atom. The van der Waals surface area contributed by atoms with Crippen molar-refractivity contribution in [3.05, 3.63) is 47.8 Å². The van der Waals surface area contributed by atoms with Gasteiger partial charge in [0.05, 0.1) is 21.3 Å². The first kappa shape index (κ1) is 29.1. The Hall–Kier alpha value is -1.92. The van der Waals surface area contributed by atoms with Gasteiger partial charge in [0.25, 0.3) is 0 Å². The van der Waals surface area contributed by atoms with Gasteiger partial charge >= 0.3 is 6.18 Å². The second kappa shape index (κ2) is 10.6. The molecule has 0 radical (unpaired) electrons. The highest BCUT2D eigenvalue weighted by Crippen LogP contribution is 2.59. The molecule has 2 aromatic rings. The molecule has 14 heteroatoms. The summed E-state index contributed by atoms with van der Waals surface area (Å²) in [5, 5.41) is -1.02. The maximum atomic E-state index is 14.2. The molecule has 0 amide bonds. The highest BCUT2D eigenvalue weighted by molar-refractivity contribution is 7.82. The van der Waals surface area contributed by atoms with Crippen LogP contribution in [-0.4, -0.2) is 55.6 Å². The lowest BCUT2D eigenvalue weighted by molar-refractivity contribution is -0.139. The van der Waals surface area contributed by atoms with Gasteiger partial charge < -0.3 is 19.4 Å². The van der Waals surface area contributed by atoms with Crippen LogP contribution in [0.3, 0.4) is 0 Å². The summed E-state index contributed by atoms with van der Waals surface area (Å²) < 4.78 is 104. The number of fused-ring (bicyclic) bond motifs is 1. The normalized spacial score (nSPS) is 21.8. The third-order valence-corrected chi connectivity index (χ3v) is 9.77. The van der Waals surface area contributed by atoms with Crippen LogP contribution in [0.2, 0.25) is 0 Å². The van der Waals surface area contributed by atoms with E-state index in [1.54, 1.807) is 0 Å². The van der Waals surface area contributed by atoms with Crippen LogP contribution in [-0.2, 0) is 17.2 Å². The summed E-state index contributed by atoms with van der Waals surface area (Å²) in [6.07, 6.45) is -4.76. The zero-order chi connectivity index (χ0) is 28.0. The van der Waals surface area contributed by atoms with Gasteiger partial charge in [-0.15, -0.1) is 0 Å². The Balaban J connectivity index is 1.82. The highest BCUT2D eigenvalue weighted by atomic mass is 32.2. The third-order valence-electron chi connectivity index (χ3n) is 6.82. The lowest BCUT2D eigenvalue weighted by Crippen LogP contribution is -2.39. The molecule has 1 saturated carbocycles. The smallest absolute Gasteiger partial charge is 0.420 e. The number of hydrogen-bond donors (Lipinski definition) is 2. The van der Waals surface area contributed by atoms with Crippen LogP contribution in [0.25, 0.3) is 0 Å². The van der Waals surface area contributed by atoms with Crippen LogP contribution in [0.4, 0.5) is 37.7 Å². The molecule has 0 aromatic heterocycles. The Morgan fingerprint density at radius 3 is 2.29 bits per heavy atom. The standard InChI is InChI=1S/C24H27F6N2O4PS/c1-22(26,27)8-7-17-13-32(16-5-3-15(25)4-6-16)19-11-18(24(28,29)30)20(12-21(19)38(35)31(17)2)36-14-23(9-10-23)37(33)34/h3-6,11-12,17,33-34H,7-10,13-14H2,1-2H3/t17-,38?/m1/s1. The number of rotatable bonds is 8. The number of benzene rings is 2. The molecular weight excluding hydrogens is 557 g/mol. The van der Waals surface area contributed by atoms with Crippen molar-refractivity contribution in [3.63, 3.8) is 0 Å². The predicted molar refractivity (Wildman–Crippen MR) is 131 cm³/mol. The Kier molecular flexibility index (Phi) is 8.09. The van der Waals surface area contributed by atoms with Crippen LogP contribution < -0.4 is 9.64 Å². The lowest BCUT2D eigenvalue weighted by atomic mass is 10.1. The zero-order valence-electron chi connectivity index (χ0n) is 20.5. The Labute approximate surface area is 219 Å². The summed E-state index contributed by atoms with van der Waals surface area (Å²) in [4.78, 5) is 20.7. The first-order valence-corrected chi connectivity index (χ1v) is 14.1. The Morgan fingerprint density at radius 2 is 1.76 bits per heavy atom. The fourth-order valence-electron chi connectivity index (χ4n) is 4.27. The molecule has 1 heterocycles. The number of halogens is 6. The van der Waals surface area contributed by atoms with Gasteiger partial charge in [0, 0.05) is 37.8 Å². The van der Waals surface area contributed by atoms with Gasteiger partial charge in [0.1, 0.15) is 29.2 Å². The van der Waals surface area contributed by atoms with Crippen LogP contribution in [0.15, 0.2) is 41.3 Å². The minimum absolute atomic E-state index is 0.0503. The molecule has 2 aliphatic rings. The maximum Gasteiger partial charge on any atom is 0.420 e. The van der Waals surface area contributed by atoms with Gasteiger partial charge in [-0.1, -0.05) is 0 Å². The van der Waals surface area contributed by atoms with Crippen molar-refractivity contribution in [2.75, 3.05) is 25.1 Å². The van der Waals surface area contributed by atoms with Crippen molar-refractivity contribution in [1.29, 1.82) is 0 Å². The van der Waals surface area contributed by atoms with Crippen molar-refractivity contribution in [2.24, 2.45) is 0 Å². The van der Waals surface area contributed by atoms with Crippen molar-refractivity contribution >= 4 is 30.7 Å². The van der Waals surface area contributed by atoms with E-state index in [0.29, 0.717) is 12.8 Å². The van der Waals surface area contributed by atoms with E-state index < -0.39 is 66.2 Å². The summed E-state index contributed by atoms with van der Waals surface area (Å²) in [6.45, 7) is 0.298. The zero-order valence-corrected chi connectivity index (χ0v) is 22.2. The van der Waals surface area contributed by atoms with Gasteiger partial charge in [-0.05, 0) is 56.5 Å². The summed E-state index contributed by atoms with van der Waals surface area (Å²) in [6, 6.07) is 5.97. The maximum absolute atomic E-state index is 14.2. The number of nitrogens with zero attached hydrogens (tertiary/aromatic N) is 2. The SMILES string of the molecule is CN1[C@H](CCC(C)(F)F)CN(c2ccc(F)cc2)c2cc(C(F)(F)F)c(OCC3(P(O)O)CC3)cc2S1=O. The number of anilines is 2. The van der Waals surface area contributed by atoms with E-state index in [1.807, 2.05) is 0 Å². The fourth-order valence-corrected chi connectivity index (χ4v) is 6.27. The monoisotopic (exact) mass is 584 g/mol. The molecule has 1 unspecified atom stereocenters. The van der Waals surface area contributed by atoms with E-state index in [2.05, 4.69) is 0 Å². The second-order valence-corrected chi connectivity index (χ2v) is 12.8. The third kappa shape index (κ3) is 6.28. The number of ether oxygens (including phenoxy) is 1. The first-order chi connectivity index (χ1) is 17.6. The number of likely N-dealkylation sites (N-methyl/N-ethyl adjacent to an activating group) is 1. The van der Waals surface area contributed by atoms with Crippen molar-refractivity contribution in [2.45, 2.75) is 60.8 Å². The topological polar surface area (TPSA) is 73.2 Å². The van der Waals surface area contributed by atoms with Gasteiger partial charge in [-0.2, -0.15) is 13.2 Å². The molecular formula is C24H27F6N2O4PS. The fraction of sp³-hybridized carbons (Fsp3) is 0.500. The van der Waals surface area contributed by atoms with Crippen LogP contribution >= 0.6 is 8.38 Å². The summed E-state index contributed by atoms with van der Waals surface area (Å²) in [5.41, 5.74) is -0.962. The average Bonchev–Trinajstić information content (AvgIpc) is 3.63. The molecule has 1 aliphatic carbocycles. The molecule has 6 nitrogen and oxygen atoms in total. The molecule has 2 aromatic carbocycles. The van der Waals surface area contributed by atoms with E-state index in [0.717, 1.165) is 31.2 Å². The van der Waals surface area contributed by atoms with Gasteiger partial charge in [-0.3, -0.25) is 0 Å². The largest absolute Gasteiger partial charge is 0.492 e.